The summed E-state index contributed by atoms with van der Waals surface area (Å²) < 4.78 is 16.7. The fourth-order valence-corrected chi connectivity index (χ4v) is 6.19. The molecular formula is C30H29NO6. The minimum atomic E-state index is -1.28. The van der Waals surface area contributed by atoms with Gasteiger partial charge in [-0.2, -0.15) is 0 Å². The van der Waals surface area contributed by atoms with Gasteiger partial charge in [0.2, 0.25) is 5.91 Å². The van der Waals surface area contributed by atoms with E-state index >= 15 is 0 Å². The highest BCUT2D eigenvalue weighted by atomic mass is 16.6. The van der Waals surface area contributed by atoms with Crippen molar-refractivity contribution in [3.8, 4) is 11.5 Å². The van der Waals surface area contributed by atoms with Gasteiger partial charge in [-0.15, -0.1) is 0 Å². The summed E-state index contributed by atoms with van der Waals surface area (Å²) in [6.07, 6.45) is -0.475. The molecule has 1 heterocycles. The topological polar surface area (TPSA) is 82.1 Å². The number of hydrogen-bond donors (Lipinski definition) is 0. The Labute approximate surface area is 215 Å². The van der Waals surface area contributed by atoms with Crippen LogP contribution in [0.3, 0.4) is 0 Å². The third-order valence-corrected chi connectivity index (χ3v) is 7.59. The maximum absolute atomic E-state index is 14.8. The lowest BCUT2D eigenvalue weighted by atomic mass is 9.53. The zero-order valence-corrected chi connectivity index (χ0v) is 21.1. The highest BCUT2D eigenvalue weighted by Gasteiger charge is 2.64. The van der Waals surface area contributed by atoms with Gasteiger partial charge in [0.15, 0.2) is 0 Å². The molecule has 1 aliphatic carbocycles. The first-order valence-electron chi connectivity index (χ1n) is 12.4. The van der Waals surface area contributed by atoms with Crippen molar-refractivity contribution in [3.63, 3.8) is 0 Å². The van der Waals surface area contributed by atoms with Crippen molar-refractivity contribution in [2.24, 2.45) is 0 Å². The van der Waals surface area contributed by atoms with E-state index in [2.05, 4.69) is 0 Å². The van der Waals surface area contributed by atoms with Crippen LogP contribution in [-0.4, -0.2) is 38.6 Å². The second kappa shape index (κ2) is 9.73. The first-order chi connectivity index (χ1) is 18.0. The molecule has 2 atom stereocenters. The Morgan fingerprint density at radius 1 is 0.838 bits per heavy atom. The van der Waals surface area contributed by atoms with Crippen molar-refractivity contribution in [2.75, 3.05) is 25.7 Å². The van der Waals surface area contributed by atoms with Crippen LogP contribution in [0.1, 0.15) is 48.3 Å². The van der Waals surface area contributed by atoms with Crippen LogP contribution in [0.25, 0.3) is 0 Å². The molecule has 3 aromatic carbocycles. The van der Waals surface area contributed by atoms with Gasteiger partial charge in [0, 0.05) is 24.7 Å². The van der Waals surface area contributed by atoms with E-state index in [-0.39, 0.29) is 25.2 Å². The number of ketones is 1. The Kier molecular flexibility index (Phi) is 6.46. The maximum Gasteiger partial charge on any atom is 0.421 e. The van der Waals surface area contributed by atoms with E-state index in [0.29, 0.717) is 22.7 Å². The molecular weight excluding hydrogens is 470 g/mol. The Bertz CT molecular complexity index is 1310. The highest BCUT2D eigenvalue weighted by Crippen LogP contribution is 2.63. The summed E-state index contributed by atoms with van der Waals surface area (Å²) in [4.78, 5) is 42.5. The zero-order chi connectivity index (χ0) is 26.2. The molecule has 2 amide bonds. The Hall–Kier alpha value is -4.13. The number of para-hydroxylation sites is 3. The Morgan fingerprint density at radius 2 is 1.35 bits per heavy atom. The van der Waals surface area contributed by atoms with Crippen LogP contribution in [0, 0.1) is 0 Å². The molecule has 5 rings (SSSR count). The summed E-state index contributed by atoms with van der Waals surface area (Å²) in [7, 11) is 3.15. The lowest BCUT2D eigenvalue weighted by Gasteiger charge is -2.46. The fourth-order valence-electron chi connectivity index (χ4n) is 6.19. The molecule has 37 heavy (non-hydrogen) atoms. The number of rotatable bonds is 5. The predicted molar refractivity (Wildman–Crippen MR) is 138 cm³/mol. The first-order valence-corrected chi connectivity index (χ1v) is 12.4. The summed E-state index contributed by atoms with van der Waals surface area (Å²) in [5.74, 6) is -0.398. The summed E-state index contributed by atoms with van der Waals surface area (Å²) in [6.45, 7) is 1.83. The van der Waals surface area contributed by atoms with E-state index < -0.39 is 29.3 Å². The number of fused-ring (bicyclic) bond motifs is 2. The van der Waals surface area contributed by atoms with Gasteiger partial charge in [0.05, 0.1) is 31.9 Å². The van der Waals surface area contributed by atoms with Crippen LogP contribution < -0.4 is 14.4 Å². The number of ether oxygens (including phenoxy) is 3. The van der Waals surface area contributed by atoms with Crippen molar-refractivity contribution in [1.82, 2.24) is 0 Å². The van der Waals surface area contributed by atoms with E-state index in [9.17, 15) is 14.4 Å². The standard InChI is InChI=1S/C30H29NO6/c1-4-37-29(34)31-25-14-8-7-13-22(25)30(28(31)33)23(20-11-5-9-15-26(20)35-2)17-19(32)18-24(30)21-12-6-10-16-27(21)36-3/h5-16,23-24H,4,17-18H2,1-3H3/t23-,24-/m0/s1. The number of anilines is 1. The molecule has 7 heteroatoms. The number of nitrogens with zero attached hydrogens (tertiary/aromatic N) is 1. The number of benzene rings is 3. The van der Waals surface area contributed by atoms with Gasteiger partial charge in [-0.3, -0.25) is 9.59 Å². The summed E-state index contributed by atoms with van der Waals surface area (Å²) in [5, 5.41) is 0. The number of carbonyl (C=O) groups excluding carboxylic acids is 3. The van der Waals surface area contributed by atoms with Crippen molar-refractivity contribution < 1.29 is 28.6 Å². The van der Waals surface area contributed by atoms with Gasteiger partial charge in [0.1, 0.15) is 17.3 Å². The van der Waals surface area contributed by atoms with Crippen molar-refractivity contribution in [3.05, 3.63) is 89.5 Å². The van der Waals surface area contributed by atoms with E-state index in [1.807, 2.05) is 60.7 Å². The molecule has 1 aliphatic heterocycles. The number of carbonyl (C=O) groups is 3. The van der Waals surface area contributed by atoms with Crippen LogP contribution in [-0.2, 0) is 19.7 Å². The van der Waals surface area contributed by atoms with Gasteiger partial charge in [-0.1, -0.05) is 54.6 Å². The second-order valence-electron chi connectivity index (χ2n) is 9.26. The molecule has 1 saturated carbocycles. The van der Waals surface area contributed by atoms with E-state index in [1.54, 1.807) is 33.3 Å². The monoisotopic (exact) mass is 499 g/mol. The Morgan fingerprint density at radius 3 is 1.89 bits per heavy atom. The normalized spacial score (nSPS) is 20.0. The fraction of sp³-hybridized carbons (Fsp3) is 0.300. The number of methoxy groups -OCH3 is 2. The number of imide groups is 1. The maximum atomic E-state index is 14.8. The highest BCUT2D eigenvalue weighted by molar-refractivity contribution is 6.22. The van der Waals surface area contributed by atoms with Gasteiger partial charge in [0.25, 0.3) is 0 Å². The minimum absolute atomic E-state index is 0.0253. The number of hydrogen-bond acceptors (Lipinski definition) is 6. The Balaban J connectivity index is 1.86. The van der Waals surface area contributed by atoms with Gasteiger partial charge in [-0.05, 0) is 41.8 Å². The third kappa shape index (κ3) is 3.68. The van der Waals surface area contributed by atoms with Crippen LogP contribution in [0.4, 0.5) is 10.5 Å². The number of Topliss-reactive ketones (excluding diaryl/α,β-unsaturated/α-hetero) is 1. The molecule has 2 aliphatic rings. The summed E-state index contributed by atoms with van der Waals surface area (Å²) >= 11 is 0. The zero-order valence-electron chi connectivity index (χ0n) is 21.1. The van der Waals surface area contributed by atoms with Crippen LogP contribution >= 0.6 is 0 Å². The third-order valence-electron chi connectivity index (χ3n) is 7.59. The van der Waals surface area contributed by atoms with E-state index in [4.69, 9.17) is 14.2 Å². The molecule has 0 N–H and O–H groups in total. The van der Waals surface area contributed by atoms with E-state index in [1.165, 1.54) is 0 Å². The first kappa shape index (κ1) is 24.6. The lowest BCUT2D eigenvalue weighted by molar-refractivity contribution is -0.130. The quantitative estimate of drug-likeness (QED) is 0.469. The summed E-state index contributed by atoms with van der Waals surface area (Å²) in [5.41, 5.74) is 1.37. The summed E-state index contributed by atoms with van der Waals surface area (Å²) in [6, 6.07) is 22.2. The molecule has 0 aromatic heterocycles. The van der Waals surface area contributed by atoms with Gasteiger partial charge in [-0.25, -0.2) is 9.69 Å². The molecule has 0 saturated heterocycles. The van der Waals surface area contributed by atoms with Crippen molar-refractivity contribution in [2.45, 2.75) is 37.0 Å². The molecule has 1 fully saturated rings. The average Bonchev–Trinajstić information content (AvgIpc) is 3.18. The minimum Gasteiger partial charge on any atom is -0.496 e. The predicted octanol–water partition coefficient (Wildman–Crippen LogP) is 5.38. The molecule has 0 unspecified atom stereocenters. The van der Waals surface area contributed by atoms with Crippen LogP contribution in [0.2, 0.25) is 0 Å². The van der Waals surface area contributed by atoms with Crippen LogP contribution in [0.15, 0.2) is 72.8 Å². The molecule has 190 valence electrons. The lowest BCUT2D eigenvalue weighted by Crippen LogP contribution is -2.53. The van der Waals surface area contributed by atoms with Crippen molar-refractivity contribution in [1.29, 1.82) is 0 Å². The van der Waals surface area contributed by atoms with Gasteiger partial charge < -0.3 is 14.2 Å². The second-order valence-corrected chi connectivity index (χ2v) is 9.26. The van der Waals surface area contributed by atoms with E-state index in [0.717, 1.165) is 16.0 Å². The van der Waals surface area contributed by atoms with Gasteiger partial charge >= 0.3 is 6.09 Å². The number of amides is 2. The van der Waals surface area contributed by atoms with Crippen molar-refractivity contribution >= 4 is 23.5 Å². The molecule has 1 spiro atoms. The molecule has 7 nitrogen and oxygen atoms in total. The SMILES string of the molecule is CCOC(=O)N1C(=O)C2(c3ccccc31)[C@H](c1ccccc1OC)CC(=O)C[C@H]2c1ccccc1OC. The van der Waals surface area contributed by atoms with Crippen LogP contribution in [0.5, 0.6) is 11.5 Å². The average molecular weight is 500 g/mol. The molecule has 0 radical (unpaired) electrons. The molecule has 3 aromatic rings. The largest absolute Gasteiger partial charge is 0.496 e. The smallest absolute Gasteiger partial charge is 0.421 e. The molecule has 0 bridgehead atoms.